The van der Waals surface area contributed by atoms with Gasteiger partial charge in [0.25, 0.3) is 0 Å². The number of aliphatic imine (C=N–C) groups is 1. The molecular weight excluding hydrogens is 353 g/mol. The van der Waals surface area contributed by atoms with Crippen LogP contribution in [0.5, 0.6) is 5.88 Å². The lowest BCUT2D eigenvalue weighted by molar-refractivity contribution is 0.393. The second-order valence-electron chi connectivity index (χ2n) is 4.88. The topological polar surface area (TPSA) is 71.4 Å². The molecule has 126 valence electrons. The van der Waals surface area contributed by atoms with E-state index in [1.165, 1.54) is 11.3 Å². The van der Waals surface area contributed by atoms with Crippen molar-refractivity contribution in [3.05, 3.63) is 34.2 Å². The molecule has 0 aliphatic carbocycles. The summed E-state index contributed by atoms with van der Waals surface area (Å²) in [6.45, 7) is 2.25. The van der Waals surface area contributed by atoms with Gasteiger partial charge in [0.1, 0.15) is 11.8 Å². The quantitative estimate of drug-likeness (QED) is 0.809. The van der Waals surface area contributed by atoms with E-state index in [9.17, 15) is 4.39 Å². The molecule has 0 amide bonds. The van der Waals surface area contributed by atoms with Crippen molar-refractivity contribution < 1.29 is 9.13 Å². The minimum absolute atomic E-state index is 0.0591. The summed E-state index contributed by atoms with van der Waals surface area (Å²) in [5.41, 5.74) is 2.62. The molecule has 3 rings (SSSR count). The molecule has 3 heterocycles. The monoisotopic (exact) mass is 367 g/mol. The maximum atomic E-state index is 13.9. The van der Waals surface area contributed by atoms with Crippen molar-refractivity contribution in [2.24, 2.45) is 4.99 Å². The molecule has 0 saturated carbocycles. The maximum absolute atomic E-state index is 13.9. The molecular formula is C15H15ClFN5OS. The highest BCUT2D eigenvalue weighted by atomic mass is 35.5. The molecule has 24 heavy (non-hydrogen) atoms. The molecule has 0 atom stereocenters. The number of amidine groups is 1. The van der Waals surface area contributed by atoms with Gasteiger partial charge in [0.05, 0.1) is 12.8 Å². The average Bonchev–Trinajstić information content (AvgIpc) is 3.07. The Labute approximate surface area is 147 Å². The Hall–Kier alpha value is -2.19. The number of methoxy groups -OCH3 is 1. The molecule has 2 N–H and O–H groups in total. The first-order valence-electron chi connectivity index (χ1n) is 7.22. The van der Waals surface area contributed by atoms with Gasteiger partial charge < -0.3 is 15.4 Å². The molecule has 1 aliphatic heterocycles. The molecule has 2 aromatic heterocycles. The summed E-state index contributed by atoms with van der Waals surface area (Å²) in [5, 5.41) is 7.80. The van der Waals surface area contributed by atoms with Gasteiger partial charge in [-0.1, -0.05) is 18.5 Å². The molecule has 0 unspecified atom stereocenters. The number of anilines is 1. The third-order valence-electron chi connectivity index (χ3n) is 3.40. The van der Waals surface area contributed by atoms with Crippen molar-refractivity contribution >= 4 is 33.9 Å². The fourth-order valence-electron chi connectivity index (χ4n) is 2.17. The van der Waals surface area contributed by atoms with E-state index >= 15 is 0 Å². The van der Waals surface area contributed by atoms with Crippen LogP contribution in [0.15, 0.2) is 33.6 Å². The molecule has 0 radical (unpaired) electrons. The van der Waals surface area contributed by atoms with Gasteiger partial charge in [0.15, 0.2) is 16.8 Å². The summed E-state index contributed by atoms with van der Waals surface area (Å²) in [6, 6.07) is 1.99. The number of rotatable bonds is 4. The number of halogens is 2. The van der Waals surface area contributed by atoms with E-state index in [4.69, 9.17) is 16.3 Å². The van der Waals surface area contributed by atoms with E-state index in [-0.39, 0.29) is 17.7 Å². The van der Waals surface area contributed by atoms with Crippen molar-refractivity contribution in [2.75, 3.05) is 19.1 Å². The van der Waals surface area contributed by atoms with Gasteiger partial charge in [-0.05, 0) is 12.5 Å². The van der Waals surface area contributed by atoms with Crippen LogP contribution in [-0.4, -0.2) is 29.6 Å². The Kier molecular flexibility index (Phi) is 4.96. The lowest BCUT2D eigenvalue weighted by atomic mass is 10.1. The van der Waals surface area contributed by atoms with Crippen molar-refractivity contribution in [1.29, 1.82) is 0 Å². The summed E-state index contributed by atoms with van der Waals surface area (Å²) in [4.78, 5) is 12.8. The molecule has 0 aromatic carbocycles. The van der Waals surface area contributed by atoms with Gasteiger partial charge in [0, 0.05) is 22.7 Å². The number of thiazole rings is 1. The van der Waals surface area contributed by atoms with Crippen LogP contribution in [0, 0.1) is 0 Å². The van der Waals surface area contributed by atoms with E-state index in [2.05, 4.69) is 25.6 Å². The normalized spacial score (nSPS) is 14.2. The minimum atomic E-state index is -0.626. The Morgan fingerprint density at radius 3 is 3.08 bits per heavy atom. The molecule has 0 spiro atoms. The number of hydrogen-bond acceptors (Lipinski definition) is 7. The largest absolute Gasteiger partial charge is 0.481 e. The minimum Gasteiger partial charge on any atom is -0.481 e. The molecule has 9 heteroatoms. The Bertz CT molecular complexity index is 820. The number of aromatic nitrogens is 2. The van der Waals surface area contributed by atoms with E-state index in [0.29, 0.717) is 11.0 Å². The van der Waals surface area contributed by atoms with Crippen molar-refractivity contribution in [1.82, 2.24) is 15.3 Å². The van der Waals surface area contributed by atoms with Gasteiger partial charge in [-0.2, -0.15) is 4.39 Å². The fraction of sp³-hybridized carbons (Fsp3) is 0.267. The van der Waals surface area contributed by atoms with Crippen molar-refractivity contribution in [3.63, 3.8) is 0 Å². The first-order valence-corrected chi connectivity index (χ1v) is 8.48. The first kappa shape index (κ1) is 16.7. The molecule has 0 saturated heterocycles. The number of pyridine rings is 1. The lowest BCUT2D eigenvalue weighted by Crippen LogP contribution is -2.25. The molecule has 0 fully saturated rings. The van der Waals surface area contributed by atoms with E-state index < -0.39 is 5.83 Å². The summed E-state index contributed by atoms with van der Waals surface area (Å²) in [5.74, 6) is 0.0570. The predicted octanol–water partition coefficient (Wildman–Crippen LogP) is 3.52. The Morgan fingerprint density at radius 2 is 2.33 bits per heavy atom. The molecule has 1 aliphatic rings. The predicted molar refractivity (Wildman–Crippen MR) is 94.3 cm³/mol. The molecule has 6 nitrogen and oxygen atoms in total. The zero-order valence-electron chi connectivity index (χ0n) is 13.1. The van der Waals surface area contributed by atoms with Crippen LogP contribution >= 0.6 is 22.9 Å². The Morgan fingerprint density at radius 1 is 1.50 bits per heavy atom. The number of ether oxygens (including phenoxy) is 1. The fourth-order valence-corrected chi connectivity index (χ4v) is 3.04. The zero-order valence-corrected chi connectivity index (χ0v) is 14.6. The molecule has 0 bridgehead atoms. The lowest BCUT2D eigenvalue weighted by Gasteiger charge is -2.13. The van der Waals surface area contributed by atoms with Crippen molar-refractivity contribution in [2.45, 2.75) is 13.3 Å². The Balaban J connectivity index is 1.82. The van der Waals surface area contributed by atoms with Crippen LogP contribution in [-0.2, 0) is 6.42 Å². The second kappa shape index (κ2) is 7.14. The van der Waals surface area contributed by atoms with Crippen LogP contribution < -0.4 is 15.4 Å². The third kappa shape index (κ3) is 3.34. The number of aryl methyl sites for hydroxylation is 1. The van der Waals surface area contributed by atoms with Gasteiger partial charge in [-0.25, -0.2) is 15.0 Å². The van der Waals surface area contributed by atoms with Gasteiger partial charge >= 0.3 is 0 Å². The number of nitrogens with zero attached hydrogens (tertiary/aromatic N) is 3. The van der Waals surface area contributed by atoms with Crippen LogP contribution in [0.3, 0.4) is 0 Å². The van der Waals surface area contributed by atoms with Gasteiger partial charge in [0.2, 0.25) is 5.88 Å². The summed E-state index contributed by atoms with van der Waals surface area (Å²) in [7, 11) is 1.60. The highest BCUT2D eigenvalue weighted by Gasteiger charge is 2.18. The third-order valence-corrected chi connectivity index (χ3v) is 4.45. The van der Waals surface area contributed by atoms with Crippen LogP contribution in [0.1, 0.15) is 12.5 Å². The van der Waals surface area contributed by atoms with Crippen LogP contribution in [0.25, 0.3) is 11.3 Å². The van der Waals surface area contributed by atoms with E-state index in [1.807, 2.05) is 18.4 Å². The van der Waals surface area contributed by atoms with E-state index in [1.54, 1.807) is 13.3 Å². The summed E-state index contributed by atoms with van der Waals surface area (Å²) < 4.78 is 19.1. The smallest absolute Gasteiger partial charge is 0.216 e. The van der Waals surface area contributed by atoms with Gasteiger partial charge in [-0.3, -0.25) is 0 Å². The highest BCUT2D eigenvalue weighted by molar-refractivity contribution is 7.14. The van der Waals surface area contributed by atoms with Crippen LogP contribution in [0.2, 0.25) is 0 Å². The van der Waals surface area contributed by atoms with E-state index in [0.717, 1.165) is 23.2 Å². The standard InChI is InChI=1S/C15H15ClFN5OS/c1-3-8-4-9(5-18-14(8)23-2)10-6-24-15(21-10)22-13-11(17)12(16)19-7-20-13/h4-6,19H,3,7H2,1-2H3,(H,20,21,22). The highest BCUT2D eigenvalue weighted by Crippen LogP contribution is 2.28. The average molecular weight is 368 g/mol. The second-order valence-corrected chi connectivity index (χ2v) is 6.11. The number of nitrogens with one attached hydrogen (secondary N) is 2. The van der Waals surface area contributed by atoms with Gasteiger partial charge in [-0.15, -0.1) is 11.3 Å². The first-order chi connectivity index (χ1) is 11.6. The summed E-state index contributed by atoms with van der Waals surface area (Å²) >= 11 is 7.08. The zero-order chi connectivity index (χ0) is 17.1. The SMILES string of the molecule is CCc1cc(-c2csc(NC3=NCNC(Cl)=C3F)n2)cnc1OC. The van der Waals surface area contributed by atoms with Crippen molar-refractivity contribution in [3.8, 4) is 17.1 Å². The molecule has 2 aromatic rings. The maximum Gasteiger partial charge on any atom is 0.216 e. The summed E-state index contributed by atoms with van der Waals surface area (Å²) in [6.07, 6.45) is 2.51. The van der Waals surface area contributed by atoms with Crippen LogP contribution in [0.4, 0.5) is 9.52 Å². The number of hydrogen-bond donors (Lipinski definition) is 2.